The molecule has 0 spiro atoms. The molecule has 0 aliphatic rings. The summed E-state index contributed by atoms with van der Waals surface area (Å²) in [6.07, 6.45) is 1.60. The molecule has 0 atom stereocenters. The SMILES string of the molecule is Cc1ccc(C=NNC(=O)c2cc3c(ccc4ccccc43)o2)cc1Br. The van der Waals surface area contributed by atoms with E-state index in [0.29, 0.717) is 5.58 Å². The third-order valence-electron chi connectivity index (χ3n) is 4.23. The Hall–Kier alpha value is -2.92. The highest BCUT2D eigenvalue weighted by Gasteiger charge is 2.13. The summed E-state index contributed by atoms with van der Waals surface area (Å²) < 4.78 is 6.68. The van der Waals surface area contributed by atoms with E-state index in [2.05, 4.69) is 26.5 Å². The molecule has 0 saturated heterocycles. The number of benzene rings is 3. The van der Waals surface area contributed by atoms with Crippen LogP contribution in [0.2, 0.25) is 0 Å². The van der Waals surface area contributed by atoms with E-state index in [0.717, 1.165) is 31.8 Å². The number of hydrogen-bond donors (Lipinski definition) is 1. The predicted molar refractivity (Wildman–Crippen MR) is 108 cm³/mol. The zero-order valence-electron chi connectivity index (χ0n) is 14.0. The number of furan rings is 1. The number of nitrogens with zero attached hydrogens (tertiary/aromatic N) is 1. The van der Waals surface area contributed by atoms with Gasteiger partial charge in [-0.25, -0.2) is 5.43 Å². The van der Waals surface area contributed by atoms with Gasteiger partial charge < -0.3 is 4.42 Å². The van der Waals surface area contributed by atoms with Crippen LogP contribution < -0.4 is 5.43 Å². The van der Waals surface area contributed by atoms with Crippen LogP contribution in [-0.4, -0.2) is 12.1 Å². The molecule has 4 rings (SSSR count). The van der Waals surface area contributed by atoms with Crippen LogP contribution in [0.3, 0.4) is 0 Å². The van der Waals surface area contributed by atoms with Crippen LogP contribution in [0.25, 0.3) is 21.7 Å². The number of nitrogens with one attached hydrogen (secondary N) is 1. The van der Waals surface area contributed by atoms with Gasteiger partial charge in [0, 0.05) is 9.86 Å². The van der Waals surface area contributed by atoms with Crippen molar-refractivity contribution in [1.82, 2.24) is 5.43 Å². The van der Waals surface area contributed by atoms with Crippen LogP contribution in [-0.2, 0) is 0 Å². The first-order valence-corrected chi connectivity index (χ1v) is 8.92. The molecule has 0 aliphatic carbocycles. The highest BCUT2D eigenvalue weighted by molar-refractivity contribution is 9.10. The summed E-state index contributed by atoms with van der Waals surface area (Å²) in [7, 11) is 0. The van der Waals surface area contributed by atoms with Crippen molar-refractivity contribution in [2.75, 3.05) is 0 Å². The molecule has 1 heterocycles. The molecule has 4 nitrogen and oxygen atoms in total. The lowest BCUT2D eigenvalue weighted by atomic mass is 10.1. The van der Waals surface area contributed by atoms with E-state index < -0.39 is 0 Å². The van der Waals surface area contributed by atoms with Crippen LogP contribution in [0.1, 0.15) is 21.7 Å². The Bertz CT molecular complexity index is 1160. The zero-order valence-corrected chi connectivity index (χ0v) is 15.6. The van der Waals surface area contributed by atoms with Gasteiger partial charge in [0.05, 0.1) is 6.21 Å². The lowest BCUT2D eigenvalue weighted by Crippen LogP contribution is -2.16. The summed E-state index contributed by atoms with van der Waals surface area (Å²) >= 11 is 3.48. The fraction of sp³-hybridized carbons (Fsp3) is 0.0476. The van der Waals surface area contributed by atoms with Crippen molar-refractivity contribution in [2.45, 2.75) is 6.92 Å². The summed E-state index contributed by atoms with van der Waals surface area (Å²) in [5, 5.41) is 7.10. The van der Waals surface area contributed by atoms with Crippen LogP contribution in [0.15, 0.2) is 74.7 Å². The first-order chi connectivity index (χ1) is 12.6. The summed E-state index contributed by atoms with van der Waals surface area (Å²) in [6.45, 7) is 2.01. The molecule has 1 N–H and O–H groups in total. The van der Waals surface area contributed by atoms with Gasteiger partial charge in [-0.2, -0.15) is 5.10 Å². The Morgan fingerprint density at radius 1 is 1.08 bits per heavy atom. The lowest BCUT2D eigenvalue weighted by molar-refractivity contribution is 0.0929. The molecule has 128 valence electrons. The molecule has 0 fully saturated rings. The van der Waals surface area contributed by atoms with Gasteiger partial charge in [-0.1, -0.05) is 58.4 Å². The molecule has 0 unspecified atom stereocenters. The van der Waals surface area contributed by atoms with Crippen molar-refractivity contribution < 1.29 is 9.21 Å². The van der Waals surface area contributed by atoms with Crippen molar-refractivity contribution >= 4 is 49.8 Å². The first kappa shape index (κ1) is 16.5. The maximum atomic E-state index is 12.3. The average molecular weight is 407 g/mol. The summed E-state index contributed by atoms with van der Waals surface area (Å²) in [5.41, 5.74) is 5.22. The number of carbonyl (C=O) groups is 1. The second-order valence-corrected chi connectivity index (χ2v) is 6.87. The van der Waals surface area contributed by atoms with Crippen molar-refractivity contribution in [1.29, 1.82) is 0 Å². The zero-order chi connectivity index (χ0) is 18.1. The van der Waals surface area contributed by atoms with Gasteiger partial charge in [-0.3, -0.25) is 4.79 Å². The minimum Gasteiger partial charge on any atom is -0.451 e. The predicted octanol–water partition coefficient (Wildman–Crippen LogP) is 5.42. The second kappa shape index (κ2) is 6.77. The Kier molecular flexibility index (Phi) is 4.31. The summed E-state index contributed by atoms with van der Waals surface area (Å²) in [5.74, 6) is -0.147. The minimum atomic E-state index is -0.382. The second-order valence-electron chi connectivity index (χ2n) is 6.02. The summed E-state index contributed by atoms with van der Waals surface area (Å²) in [6, 6.07) is 19.5. The van der Waals surface area contributed by atoms with E-state index >= 15 is 0 Å². The Balaban J connectivity index is 1.57. The topological polar surface area (TPSA) is 54.6 Å². The smallest absolute Gasteiger partial charge is 0.307 e. The standard InChI is InChI=1S/C21H15BrN2O2/c1-13-6-7-14(10-18(13)22)12-23-24-21(25)20-11-17-16-5-3-2-4-15(16)8-9-19(17)26-20/h2-12H,1H3,(H,24,25). The van der Waals surface area contributed by atoms with Crippen molar-refractivity contribution in [2.24, 2.45) is 5.10 Å². The number of amides is 1. The third kappa shape index (κ3) is 3.13. The monoisotopic (exact) mass is 406 g/mol. The molecule has 1 amide bonds. The maximum absolute atomic E-state index is 12.3. The normalized spacial score (nSPS) is 11.5. The van der Waals surface area contributed by atoms with E-state index in [4.69, 9.17) is 4.42 Å². The number of fused-ring (bicyclic) bond motifs is 3. The van der Waals surface area contributed by atoms with Crippen molar-refractivity contribution in [3.63, 3.8) is 0 Å². The third-order valence-corrected chi connectivity index (χ3v) is 5.08. The maximum Gasteiger partial charge on any atom is 0.307 e. The van der Waals surface area contributed by atoms with E-state index in [1.807, 2.05) is 61.5 Å². The Labute approximate surface area is 158 Å². The van der Waals surface area contributed by atoms with Crippen molar-refractivity contribution in [3.8, 4) is 0 Å². The van der Waals surface area contributed by atoms with Crippen LogP contribution >= 0.6 is 15.9 Å². The van der Waals surface area contributed by atoms with Crippen LogP contribution in [0.5, 0.6) is 0 Å². The van der Waals surface area contributed by atoms with Gasteiger partial charge in [0.1, 0.15) is 5.58 Å². The highest BCUT2D eigenvalue weighted by atomic mass is 79.9. The number of halogens is 1. The van der Waals surface area contributed by atoms with Crippen molar-refractivity contribution in [3.05, 3.63) is 82.0 Å². The minimum absolute atomic E-state index is 0.235. The van der Waals surface area contributed by atoms with Gasteiger partial charge >= 0.3 is 5.91 Å². The average Bonchev–Trinajstić information content (AvgIpc) is 3.09. The molecule has 0 saturated carbocycles. The largest absolute Gasteiger partial charge is 0.451 e. The lowest BCUT2D eigenvalue weighted by Gasteiger charge is -1.99. The van der Waals surface area contributed by atoms with E-state index in [1.165, 1.54) is 0 Å². The van der Waals surface area contributed by atoms with Gasteiger partial charge in [0.25, 0.3) is 0 Å². The molecule has 4 aromatic rings. The molecular weight excluding hydrogens is 392 g/mol. The van der Waals surface area contributed by atoms with Crippen LogP contribution in [0.4, 0.5) is 0 Å². The van der Waals surface area contributed by atoms with Crippen LogP contribution in [0, 0.1) is 6.92 Å². The molecule has 3 aromatic carbocycles. The molecule has 5 heteroatoms. The van der Waals surface area contributed by atoms with E-state index in [9.17, 15) is 4.79 Å². The Morgan fingerprint density at radius 3 is 2.77 bits per heavy atom. The fourth-order valence-corrected chi connectivity index (χ4v) is 3.21. The summed E-state index contributed by atoms with van der Waals surface area (Å²) in [4.78, 5) is 12.3. The number of carbonyl (C=O) groups excluding carboxylic acids is 1. The molecule has 0 radical (unpaired) electrons. The fourth-order valence-electron chi connectivity index (χ4n) is 2.81. The Morgan fingerprint density at radius 2 is 1.92 bits per heavy atom. The number of aryl methyl sites for hydroxylation is 1. The molecule has 1 aromatic heterocycles. The first-order valence-electron chi connectivity index (χ1n) is 8.13. The number of hydrogen-bond acceptors (Lipinski definition) is 3. The quantitative estimate of drug-likeness (QED) is 0.364. The van der Waals surface area contributed by atoms with E-state index in [-0.39, 0.29) is 11.7 Å². The molecule has 0 bridgehead atoms. The molecule has 26 heavy (non-hydrogen) atoms. The molecular formula is C21H15BrN2O2. The van der Waals surface area contributed by atoms with Gasteiger partial charge in [0.15, 0.2) is 5.76 Å². The number of rotatable bonds is 3. The highest BCUT2D eigenvalue weighted by Crippen LogP contribution is 2.28. The molecule has 0 aliphatic heterocycles. The van der Waals surface area contributed by atoms with Gasteiger partial charge in [0.2, 0.25) is 0 Å². The van der Waals surface area contributed by atoms with E-state index in [1.54, 1.807) is 12.3 Å². The number of hydrazone groups is 1. The van der Waals surface area contributed by atoms with Gasteiger partial charge in [-0.05, 0) is 47.0 Å². The van der Waals surface area contributed by atoms with Gasteiger partial charge in [-0.15, -0.1) is 0 Å².